The van der Waals surface area contributed by atoms with Crippen LogP contribution in [0.15, 0.2) is 5.10 Å². The van der Waals surface area contributed by atoms with Crippen LogP contribution in [0.1, 0.15) is 20.3 Å². The third-order valence-electron chi connectivity index (χ3n) is 1.65. The van der Waals surface area contributed by atoms with Crippen LogP contribution in [0.4, 0.5) is 13.2 Å². The van der Waals surface area contributed by atoms with Crippen LogP contribution in [0, 0.1) is 5.92 Å². The lowest BCUT2D eigenvalue weighted by molar-refractivity contribution is -0.216. The van der Waals surface area contributed by atoms with Gasteiger partial charge in [-0.15, -0.1) is 13.2 Å². The van der Waals surface area contributed by atoms with Gasteiger partial charge in [-0.1, -0.05) is 13.8 Å². The molecule has 1 rings (SSSR count). The van der Waals surface area contributed by atoms with Gasteiger partial charge in [-0.3, -0.25) is 10.3 Å². The van der Waals surface area contributed by atoms with E-state index in [2.05, 4.69) is 10.5 Å². The van der Waals surface area contributed by atoms with Gasteiger partial charge < -0.3 is 0 Å². The Kier molecular flexibility index (Phi) is 2.68. The quantitative estimate of drug-likeness (QED) is 0.679. The molecule has 0 saturated heterocycles. The van der Waals surface area contributed by atoms with Crippen molar-refractivity contribution in [2.75, 3.05) is 6.67 Å². The molecule has 3 nitrogen and oxygen atoms in total. The molecule has 1 heterocycles. The molecule has 76 valence electrons. The number of hydrogen-bond donors (Lipinski definition) is 1. The SMILES string of the molecule is CC(C)CC1=NNCN1C(F)(F)F. The van der Waals surface area contributed by atoms with Gasteiger partial charge in [-0.05, 0) is 5.92 Å². The lowest BCUT2D eigenvalue weighted by Gasteiger charge is -2.22. The summed E-state index contributed by atoms with van der Waals surface area (Å²) in [6.07, 6.45) is -3.98. The lowest BCUT2D eigenvalue weighted by atomic mass is 10.1. The van der Waals surface area contributed by atoms with E-state index in [0.717, 1.165) is 0 Å². The average molecular weight is 195 g/mol. The topological polar surface area (TPSA) is 27.6 Å². The van der Waals surface area contributed by atoms with E-state index in [9.17, 15) is 13.2 Å². The van der Waals surface area contributed by atoms with Gasteiger partial charge in [-0.2, -0.15) is 5.10 Å². The molecule has 1 aliphatic heterocycles. The number of rotatable bonds is 2. The van der Waals surface area contributed by atoms with Crippen LogP contribution in [0.25, 0.3) is 0 Å². The summed E-state index contributed by atoms with van der Waals surface area (Å²) in [6.45, 7) is 3.44. The van der Waals surface area contributed by atoms with Gasteiger partial charge in [0, 0.05) is 6.42 Å². The third kappa shape index (κ3) is 2.50. The highest BCUT2D eigenvalue weighted by Gasteiger charge is 2.41. The molecule has 0 aromatic carbocycles. The van der Waals surface area contributed by atoms with E-state index in [1.165, 1.54) is 0 Å². The molecule has 0 aromatic rings. The summed E-state index contributed by atoms with van der Waals surface area (Å²) in [5.41, 5.74) is 2.33. The van der Waals surface area contributed by atoms with E-state index in [-0.39, 0.29) is 18.4 Å². The summed E-state index contributed by atoms with van der Waals surface area (Å²) in [5.74, 6) is 0.242. The molecule has 0 radical (unpaired) electrons. The van der Waals surface area contributed by atoms with E-state index in [4.69, 9.17) is 0 Å². The Hall–Kier alpha value is -0.940. The van der Waals surface area contributed by atoms with Crippen LogP contribution in [0.2, 0.25) is 0 Å². The summed E-state index contributed by atoms with van der Waals surface area (Å²) in [4.78, 5) is 0.326. The first-order valence-corrected chi connectivity index (χ1v) is 4.05. The van der Waals surface area contributed by atoms with E-state index in [0.29, 0.717) is 11.3 Å². The molecule has 13 heavy (non-hydrogen) atoms. The number of halogens is 3. The highest BCUT2D eigenvalue weighted by molar-refractivity contribution is 5.83. The second kappa shape index (κ2) is 3.43. The van der Waals surface area contributed by atoms with Gasteiger partial charge in [-0.25, -0.2) is 0 Å². The molecule has 1 aliphatic rings. The fourth-order valence-corrected chi connectivity index (χ4v) is 1.11. The molecule has 1 N–H and O–H groups in total. The molecule has 6 heteroatoms. The number of alkyl halides is 3. The number of amidine groups is 1. The zero-order valence-corrected chi connectivity index (χ0v) is 7.52. The largest absolute Gasteiger partial charge is 0.487 e. The number of hydrazone groups is 1. The third-order valence-corrected chi connectivity index (χ3v) is 1.65. The number of nitrogens with one attached hydrogen (secondary N) is 1. The molecular formula is C7H12F3N3. The van der Waals surface area contributed by atoms with Gasteiger partial charge in [0.2, 0.25) is 0 Å². The van der Waals surface area contributed by atoms with Crippen molar-refractivity contribution in [1.82, 2.24) is 10.3 Å². The van der Waals surface area contributed by atoms with Gasteiger partial charge in [0.1, 0.15) is 12.5 Å². The second-order valence-electron chi connectivity index (χ2n) is 3.34. The van der Waals surface area contributed by atoms with Crippen LogP contribution < -0.4 is 5.43 Å². The zero-order valence-electron chi connectivity index (χ0n) is 7.52. The van der Waals surface area contributed by atoms with Crippen molar-refractivity contribution in [3.05, 3.63) is 0 Å². The Balaban J connectivity index is 2.63. The Bertz CT molecular complexity index is 210. The first-order chi connectivity index (χ1) is 5.91. The summed E-state index contributed by atoms with van der Waals surface area (Å²) >= 11 is 0. The van der Waals surface area contributed by atoms with Crippen LogP contribution in [0.5, 0.6) is 0 Å². The van der Waals surface area contributed by atoms with Crippen LogP contribution in [-0.4, -0.2) is 23.7 Å². The monoisotopic (exact) mass is 195 g/mol. The van der Waals surface area contributed by atoms with Crippen molar-refractivity contribution in [3.8, 4) is 0 Å². The van der Waals surface area contributed by atoms with E-state index in [1.807, 2.05) is 13.8 Å². The average Bonchev–Trinajstić information content (AvgIpc) is 2.31. The maximum Gasteiger partial charge on any atom is 0.487 e. The maximum absolute atomic E-state index is 12.3. The first-order valence-electron chi connectivity index (χ1n) is 4.05. The Labute approximate surface area is 74.6 Å². The molecule has 0 amide bonds. The normalized spacial score (nSPS) is 17.7. The predicted octanol–water partition coefficient (Wildman–Crippen LogP) is 1.73. The van der Waals surface area contributed by atoms with Crippen molar-refractivity contribution in [1.29, 1.82) is 0 Å². The van der Waals surface area contributed by atoms with E-state index in [1.54, 1.807) is 0 Å². The highest BCUT2D eigenvalue weighted by Crippen LogP contribution is 2.24. The molecule has 0 saturated carbocycles. The molecular weight excluding hydrogens is 183 g/mol. The van der Waals surface area contributed by atoms with Gasteiger partial charge in [0.25, 0.3) is 0 Å². The molecule has 0 unspecified atom stereocenters. The molecule has 0 spiro atoms. The van der Waals surface area contributed by atoms with Crippen molar-refractivity contribution in [3.63, 3.8) is 0 Å². The molecule has 0 atom stereocenters. The Morgan fingerprint density at radius 2 is 2.15 bits per heavy atom. The summed E-state index contributed by atoms with van der Waals surface area (Å²) in [5, 5.41) is 3.60. The van der Waals surface area contributed by atoms with Gasteiger partial charge in [0.15, 0.2) is 0 Å². The standard InChI is InChI=1S/C7H12F3N3/c1-5(2)3-6-12-11-4-13(6)7(8,9)10/h5,11H,3-4H2,1-2H3. The fourth-order valence-electron chi connectivity index (χ4n) is 1.11. The van der Waals surface area contributed by atoms with Crippen LogP contribution >= 0.6 is 0 Å². The Morgan fingerprint density at radius 3 is 2.62 bits per heavy atom. The smallest absolute Gasteiger partial charge is 0.288 e. The summed E-state index contributed by atoms with van der Waals surface area (Å²) < 4.78 is 36.8. The fraction of sp³-hybridized carbons (Fsp3) is 0.857. The van der Waals surface area contributed by atoms with Crippen molar-refractivity contribution < 1.29 is 13.2 Å². The zero-order chi connectivity index (χ0) is 10.1. The van der Waals surface area contributed by atoms with E-state index >= 15 is 0 Å². The molecule has 0 fully saturated rings. The van der Waals surface area contributed by atoms with Crippen LogP contribution in [-0.2, 0) is 0 Å². The minimum Gasteiger partial charge on any atom is -0.288 e. The van der Waals surface area contributed by atoms with Crippen molar-refractivity contribution in [2.24, 2.45) is 11.0 Å². The summed E-state index contributed by atoms with van der Waals surface area (Å²) in [7, 11) is 0. The molecule has 0 aliphatic carbocycles. The lowest BCUT2D eigenvalue weighted by Crippen LogP contribution is -2.42. The second-order valence-corrected chi connectivity index (χ2v) is 3.34. The first kappa shape index (κ1) is 10.1. The minimum atomic E-state index is -4.32. The van der Waals surface area contributed by atoms with Crippen molar-refractivity contribution >= 4 is 5.84 Å². The van der Waals surface area contributed by atoms with Crippen LogP contribution in [0.3, 0.4) is 0 Å². The predicted molar refractivity (Wildman–Crippen MR) is 42.8 cm³/mol. The maximum atomic E-state index is 12.3. The molecule has 0 bridgehead atoms. The minimum absolute atomic E-state index is 0.0718. The summed E-state index contributed by atoms with van der Waals surface area (Å²) in [6, 6.07) is 0. The van der Waals surface area contributed by atoms with E-state index < -0.39 is 6.30 Å². The van der Waals surface area contributed by atoms with Gasteiger partial charge in [0.05, 0.1) is 0 Å². The van der Waals surface area contributed by atoms with Crippen molar-refractivity contribution in [2.45, 2.75) is 26.6 Å². The Morgan fingerprint density at radius 1 is 1.54 bits per heavy atom. The number of nitrogens with zero attached hydrogens (tertiary/aromatic N) is 2. The van der Waals surface area contributed by atoms with Gasteiger partial charge >= 0.3 is 6.30 Å². The number of hydrogen-bond acceptors (Lipinski definition) is 3. The molecule has 0 aromatic heterocycles. The highest BCUT2D eigenvalue weighted by atomic mass is 19.4.